The zero-order valence-electron chi connectivity index (χ0n) is 14.1. The number of esters is 1. The maximum absolute atomic E-state index is 12.1. The van der Waals surface area contributed by atoms with Gasteiger partial charge in [0, 0.05) is 19.2 Å². The van der Waals surface area contributed by atoms with Crippen LogP contribution in [0.1, 0.15) is 29.5 Å². The van der Waals surface area contributed by atoms with Gasteiger partial charge in [-0.25, -0.2) is 4.79 Å². The van der Waals surface area contributed by atoms with Gasteiger partial charge < -0.3 is 20.2 Å². The molecule has 0 atom stereocenters. The molecule has 0 fully saturated rings. The van der Waals surface area contributed by atoms with Crippen LogP contribution in [0.2, 0.25) is 0 Å². The third kappa shape index (κ3) is 4.19. The molecule has 0 saturated heterocycles. The highest BCUT2D eigenvalue weighted by atomic mass is 16.6. The summed E-state index contributed by atoms with van der Waals surface area (Å²) in [4.78, 5) is 33.9. The smallest absolute Gasteiger partial charge is 0.390 e. The number of rotatable bonds is 7. The van der Waals surface area contributed by atoms with E-state index < -0.39 is 10.9 Å². The minimum Gasteiger partial charge on any atom is -0.464 e. The van der Waals surface area contributed by atoms with E-state index in [-0.39, 0.29) is 36.1 Å². The fourth-order valence-corrected chi connectivity index (χ4v) is 2.15. The van der Waals surface area contributed by atoms with Crippen molar-refractivity contribution in [2.24, 2.45) is 0 Å². The summed E-state index contributed by atoms with van der Waals surface area (Å²) in [5.41, 5.74) is 0.846. The third-order valence-electron chi connectivity index (χ3n) is 3.44. The van der Waals surface area contributed by atoms with Gasteiger partial charge in [0.1, 0.15) is 0 Å². The fraction of sp³-hybridized carbons (Fsp3) is 0.429. The van der Waals surface area contributed by atoms with Crippen LogP contribution in [0.25, 0.3) is 0 Å². The van der Waals surface area contributed by atoms with Crippen molar-refractivity contribution in [1.29, 1.82) is 0 Å². The zero-order valence-corrected chi connectivity index (χ0v) is 14.1. The first-order chi connectivity index (χ1) is 11.8. The minimum atomic E-state index is -0.652. The number of nitrogens with zero attached hydrogens (tertiary/aromatic N) is 5. The summed E-state index contributed by atoms with van der Waals surface area (Å²) in [5.74, 6) is -1.30. The van der Waals surface area contributed by atoms with Gasteiger partial charge in [-0.2, -0.15) is 9.78 Å². The number of anilines is 1. The van der Waals surface area contributed by atoms with Crippen molar-refractivity contribution in [1.82, 2.24) is 19.6 Å². The molecule has 11 nitrogen and oxygen atoms in total. The van der Waals surface area contributed by atoms with Gasteiger partial charge in [-0.1, -0.05) is 0 Å². The molecule has 2 heterocycles. The highest BCUT2D eigenvalue weighted by Crippen LogP contribution is 2.16. The van der Waals surface area contributed by atoms with Crippen molar-refractivity contribution in [3.63, 3.8) is 0 Å². The minimum absolute atomic E-state index is 0.0172. The van der Waals surface area contributed by atoms with Gasteiger partial charge in [0.05, 0.1) is 36.2 Å². The molecule has 0 saturated carbocycles. The fourth-order valence-electron chi connectivity index (χ4n) is 2.15. The van der Waals surface area contributed by atoms with E-state index in [9.17, 15) is 19.7 Å². The van der Waals surface area contributed by atoms with Crippen molar-refractivity contribution in [3.8, 4) is 0 Å². The Morgan fingerprint density at radius 1 is 1.40 bits per heavy atom. The number of amides is 1. The Kier molecular flexibility index (Phi) is 5.47. The Morgan fingerprint density at radius 2 is 2.12 bits per heavy atom. The Labute approximate surface area is 142 Å². The first kappa shape index (κ1) is 18.1. The highest BCUT2D eigenvalue weighted by molar-refractivity contribution is 5.99. The third-order valence-corrected chi connectivity index (χ3v) is 3.44. The van der Waals surface area contributed by atoms with Gasteiger partial charge in [-0.05, 0) is 18.8 Å². The van der Waals surface area contributed by atoms with Crippen LogP contribution in [0, 0.1) is 17.0 Å². The van der Waals surface area contributed by atoms with Crippen LogP contribution < -0.4 is 5.32 Å². The molecule has 1 amide bonds. The van der Waals surface area contributed by atoms with Crippen molar-refractivity contribution in [2.45, 2.75) is 33.4 Å². The molecule has 0 aromatic carbocycles. The molecule has 0 bridgehead atoms. The van der Waals surface area contributed by atoms with E-state index in [2.05, 4.69) is 20.3 Å². The van der Waals surface area contributed by atoms with Gasteiger partial charge in [0.2, 0.25) is 5.91 Å². The Bertz CT molecular complexity index is 809. The number of methoxy groups -OCH3 is 1. The molecule has 134 valence electrons. The van der Waals surface area contributed by atoms with E-state index in [1.54, 1.807) is 6.92 Å². The SMILES string of the molecule is CCn1cc(NC(=O)CCn2nc([N+](=O)[O-])cc2C)c(C(=O)OC)n1. The predicted octanol–water partition coefficient (Wildman–Crippen LogP) is 1.13. The molecule has 25 heavy (non-hydrogen) atoms. The second-order valence-electron chi connectivity index (χ2n) is 5.16. The lowest BCUT2D eigenvalue weighted by Crippen LogP contribution is -2.17. The van der Waals surface area contributed by atoms with Crippen LogP contribution in [-0.2, 0) is 22.6 Å². The van der Waals surface area contributed by atoms with Crippen molar-refractivity contribution in [2.75, 3.05) is 12.4 Å². The molecular weight excluding hydrogens is 332 g/mol. The number of carbonyl (C=O) groups excluding carboxylic acids is 2. The van der Waals surface area contributed by atoms with Crippen LogP contribution in [0.5, 0.6) is 0 Å². The lowest BCUT2D eigenvalue weighted by molar-refractivity contribution is -0.389. The maximum atomic E-state index is 12.1. The molecule has 1 N–H and O–H groups in total. The molecule has 2 aromatic rings. The Balaban J connectivity index is 2.04. The second kappa shape index (κ2) is 7.55. The summed E-state index contributed by atoms with van der Waals surface area (Å²) in [6.45, 7) is 4.20. The number of aromatic nitrogens is 4. The van der Waals surface area contributed by atoms with Gasteiger partial charge in [0.15, 0.2) is 5.69 Å². The summed E-state index contributed by atoms with van der Waals surface area (Å²) in [5, 5.41) is 21.2. The average molecular weight is 350 g/mol. The number of carbonyl (C=O) groups is 2. The number of hydrogen-bond donors (Lipinski definition) is 1. The van der Waals surface area contributed by atoms with E-state index in [1.807, 2.05) is 6.92 Å². The largest absolute Gasteiger partial charge is 0.464 e. The number of ether oxygens (including phenoxy) is 1. The topological polar surface area (TPSA) is 134 Å². The molecule has 0 radical (unpaired) electrons. The summed E-state index contributed by atoms with van der Waals surface area (Å²) in [7, 11) is 1.23. The highest BCUT2D eigenvalue weighted by Gasteiger charge is 2.20. The van der Waals surface area contributed by atoms with E-state index in [0.717, 1.165) is 0 Å². The Hall–Kier alpha value is -3.24. The van der Waals surface area contributed by atoms with E-state index in [1.165, 1.54) is 28.7 Å². The van der Waals surface area contributed by atoms with E-state index in [4.69, 9.17) is 0 Å². The second-order valence-corrected chi connectivity index (χ2v) is 5.16. The number of nitrogens with one attached hydrogen (secondary N) is 1. The van der Waals surface area contributed by atoms with Crippen molar-refractivity contribution >= 4 is 23.4 Å². The monoisotopic (exact) mass is 350 g/mol. The Morgan fingerprint density at radius 3 is 2.68 bits per heavy atom. The standard InChI is InChI=1S/C14H18N6O5/c1-4-18-8-10(13(17-18)14(22)25-3)15-12(21)5-6-19-9(2)7-11(16-19)20(23)24/h7-8H,4-6H2,1-3H3,(H,15,21). The number of hydrogen-bond acceptors (Lipinski definition) is 7. The van der Waals surface area contributed by atoms with Crippen LogP contribution in [0.3, 0.4) is 0 Å². The average Bonchev–Trinajstić information content (AvgIpc) is 3.15. The summed E-state index contributed by atoms with van der Waals surface area (Å²) >= 11 is 0. The number of aryl methyl sites for hydroxylation is 3. The first-order valence-corrected chi connectivity index (χ1v) is 7.50. The zero-order chi connectivity index (χ0) is 18.6. The van der Waals surface area contributed by atoms with Crippen LogP contribution in [-0.4, -0.2) is 43.5 Å². The molecule has 2 rings (SSSR count). The molecular formula is C14H18N6O5. The predicted molar refractivity (Wildman–Crippen MR) is 86.1 cm³/mol. The van der Waals surface area contributed by atoms with Gasteiger partial charge in [-0.15, -0.1) is 0 Å². The van der Waals surface area contributed by atoms with Gasteiger partial charge in [0.25, 0.3) is 0 Å². The summed E-state index contributed by atoms with van der Waals surface area (Å²) < 4.78 is 7.53. The quantitative estimate of drug-likeness (QED) is 0.449. The molecule has 2 aromatic heterocycles. The van der Waals surface area contributed by atoms with Crippen molar-refractivity contribution in [3.05, 3.63) is 33.8 Å². The molecule has 0 aliphatic rings. The van der Waals surface area contributed by atoms with Crippen LogP contribution in [0.15, 0.2) is 12.3 Å². The van der Waals surface area contributed by atoms with Crippen molar-refractivity contribution < 1.29 is 19.2 Å². The van der Waals surface area contributed by atoms with Crippen LogP contribution >= 0.6 is 0 Å². The molecule has 0 spiro atoms. The molecule has 0 aliphatic carbocycles. The molecule has 11 heteroatoms. The maximum Gasteiger partial charge on any atom is 0.390 e. The summed E-state index contributed by atoms with van der Waals surface area (Å²) in [6.07, 6.45) is 1.56. The van der Waals surface area contributed by atoms with Crippen LogP contribution in [0.4, 0.5) is 11.5 Å². The first-order valence-electron chi connectivity index (χ1n) is 7.50. The molecule has 0 aliphatic heterocycles. The molecule has 0 unspecified atom stereocenters. The van der Waals surface area contributed by atoms with E-state index >= 15 is 0 Å². The lowest BCUT2D eigenvalue weighted by atomic mass is 10.3. The van der Waals surface area contributed by atoms with Gasteiger partial charge in [-0.3, -0.25) is 9.48 Å². The lowest BCUT2D eigenvalue weighted by Gasteiger charge is -2.04. The number of nitro groups is 1. The van der Waals surface area contributed by atoms with Gasteiger partial charge >= 0.3 is 11.8 Å². The normalized spacial score (nSPS) is 10.5. The summed E-state index contributed by atoms with van der Waals surface area (Å²) in [6, 6.07) is 1.33. The van der Waals surface area contributed by atoms with E-state index in [0.29, 0.717) is 12.2 Å².